The molecule has 0 aliphatic heterocycles. The fourth-order valence-electron chi connectivity index (χ4n) is 2.01. The number of hydrogen-bond acceptors (Lipinski definition) is 3. The molecular formula is C15H11ClN2OS. The van der Waals surface area contributed by atoms with Crippen molar-refractivity contribution in [1.82, 2.24) is 9.38 Å². The summed E-state index contributed by atoms with van der Waals surface area (Å²) >= 11 is 7.85. The van der Waals surface area contributed by atoms with E-state index in [1.54, 1.807) is 21.8 Å². The molecule has 0 bridgehead atoms. The van der Waals surface area contributed by atoms with Gasteiger partial charge in [-0.2, -0.15) is 0 Å². The van der Waals surface area contributed by atoms with Crippen LogP contribution in [0.1, 0.15) is 16.3 Å². The van der Waals surface area contributed by atoms with Gasteiger partial charge in [0.15, 0.2) is 0 Å². The van der Waals surface area contributed by atoms with Crippen molar-refractivity contribution in [3.63, 3.8) is 0 Å². The third kappa shape index (κ3) is 2.40. The number of nitrogens with zero attached hydrogens (tertiary/aromatic N) is 2. The summed E-state index contributed by atoms with van der Waals surface area (Å²) in [6.45, 7) is 1.87. The molecule has 3 nitrogen and oxygen atoms in total. The molecule has 0 radical (unpaired) electrons. The lowest BCUT2D eigenvalue weighted by Gasteiger charge is -2.05. The van der Waals surface area contributed by atoms with Crippen LogP contribution in [0.5, 0.6) is 0 Å². The third-order valence-corrected chi connectivity index (χ3v) is 4.06. The first kappa shape index (κ1) is 13.1. The van der Waals surface area contributed by atoms with E-state index in [-0.39, 0.29) is 5.56 Å². The van der Waals surface area contributed by atoms with Gasteiger partial charge in [0.25, 0.3) is 5.56 Å². The van der Waals surface area contributed by atoms with Gasteiger partial charge in [-0.05, 0) is 36.6 Å². The first-order valence-corrected chi connectivity index (χ1v) is 7.31. The molecule has 0 aliphatic rings. The van der Waals surface area contributed by atoms with Gasteiger partial charge < -0.3 is 0 Å². The lowest BCUT2D eigenvalue weighted by molar-refractivity contribution is 0.986. The van der Waals surface area contributed by atoms with Gasteiger partial charge in [-0.3, -0.25) is 9.20 Å². The zero-order valence-corrected chi connectivity index (χ0v) is 12.3. The van der Waals surface area contributed by atoms with Crippen molar-refractivity contribution < 1.29 is 0 Å². The molecule has 0 fully saturated rings. The molecule has 3 rings (SSSR count). The van der Waals surface area contributed by atoms with Crippen LogP contribution in [-0.2, 0) is 0 Å². The number of fused-ring (bicyclic) bond motifs is 1. The largest absolute Gasteiger partial charge is 0.269 e. The second-order valence-electron chi connectivity index (χ2n) is 4.35. The van der Waals surface area contributed by atoms with E-state index < -0.39 is 0 Å². The van der Waals surface area contributed by atoms with E-state index in [2.05, 4.69) is 4.98 Å². The predicted molar refractivity (Wildman–Crippen MR) is 84.2 cm³/mol. The van der Waals surface area contributed by atoms with Crippen LogP contribution >= 0.6 is 22.9 Å². The molecule has 0 N–H and O–H groups in total. The summed E-state index contributed by atoms with van der Waals surface area (Å²) < 4.78 is 1.57. The first-order chi connectivity index (χ1) is 9.65. The van der Waals surface area contributed by atoms with E-state index in [1.165, 1.54) is 6.07 Å². The summed E-state index contributed by atoms with van der Waals surface area (Å²) in [6.07, 6.45) is 1.82. The Kier molecular flexibility index (Phi) is 3.42. The van der Waals surface area contributed by atoms with Crippen LogP contribution in [0.25, 0.3) is 16.8 Å². The van der Waals surface area contributed by atoms with E-state index in [4.69, 9.17) is 11.6 Å². The summed E-state index contributed by atoms with van der Waals surface area (Å²) in [5.41, 5.74) is 1.83. The van der Waals surface area contributed by atoms with E-state index >= 15 is 0 Å². The smallest absolute Gasteiger partial charge is 0.258 e. The maximum absolute atomic E-state index is 12.2. The quantitative estimate of drug-likeness (QED) is 0.721. The Morgan fingerprint density at radius 3 is 2.95 bits per heavy atom. The molecule has 3 aromatic heterocycles. The highest BCUT2D eigenvalue weighted by molar-refractivity contribution is 7.11. The molecule has 0 amide bonds. The Labute approximate surface area is 124 Å². The van der Waals surface area contributed by atoms with Gasteiger partial charge in [-0.25, -0.2) is 4.98 Å². The van der Waals surface area contributed by atoms with Gasteiger partial charge in [0, 0.05) is 16.6 Å². The lowest BCUT2D eigenvalue weighted by Crippen LogP contribution is -2.16. The van der Waals surface area contributed by atoms with Crippen LogP contribution in [-0.4, -0.2) is 9.38 Å². The van der Waals surface area contributed by atoms with E-state index in [9.17, 15) is 4.79 Å². The number of thiophene rings is 1. The van der Waals surface area contributed by atoms with Gasteiger partial charge >= 0.3 is 0 Å². The zero-order valence-electron chi connectivity index (χ0n) is 10.7. The molecule has 3 heterocycles. The van der Waals surface area contributed by atoms with Gasteiger partial charge in [0.05, 0.1) is 10.7 Å². The minimum atomic E-state index is -0.124. The summed E-state index contributed by atoms with van der Waals surface area (Å²) in [7, 11) is 0. The Bertz CT molecular complexity index is 850. The molecule has 0 aromatic carbocycles. The van der Waals surface area contributed by atoms with Crippen molar-refractivity contribution in [3.8, 4) is 0 Å². The van der Waals surface area contributed by atoms with Crippen LogP contribution in [0, 0.1) is 6.92 Å². The molecule has 0 atom stereocenters. The number of aryl methyl sites for hydroxylation is 1. The third-order valence-electron chi connectivity index (χ3n) is 2.94. The molecule has 0 saturated heterocycles. The predicted octanol–water partition coefficient (Wildman–Crippen LogP) is 3.80. The fourth-order valence-corrected chi connectivity index (χ4v) is 2.95. The molecule has 0 unspecified atom stereocenters. The maximum atomic E-state index is 12.2. The number of rotatable bonds is 2. The molecule has 0 saturated carbocycles. The lowest BCUT2D eigenvalue weighted by atomic mass is 10.3. The monoisotopic (exact) mass is 302 g/mol. The summed E-state index contributed by atoms with van der Waals surface area (Å²) in [5, 5.41) is 2.44. The van der Waals surface area contributed by atoms with Gasteiger partial charge in [0.2, 0.25) is 0 Å². The normalized spacial score (nSPS) is 12.0. The Morgan fingerprint density at radius 2 is 2.20 bits per heavy atom. The van der Waals surface area contributed by atoms with Gasteiger partial charge in [-0.1, -0.05) is 23.7 Å². The zero-order chi connectivity index (χ0) is 14.1. The summed E-state index contributed by atoms with van der Waals surface area (Å²) in [5.74, 6) is 0. The van der Waals surface area contributed by atoms with E-state index in [1.807, 2.05) is 42.6 Å². The summed E-state index contributed by atoms with van der Waals surface area (Å²) in [4.78, 5) is 17.6. The van der Waals surface area contributed by atoms with E-state index in [0.717, 1.165) is 10.6 Å². The Balaban J connectivity index is 2.16. The first-order valence-electron chi connectivity index (χ1n) is 6.06. The van der Waals surface area contributed by atoms with Crippen LogP contribution < -0.4 is 5.56 Å². The van der Waals surface area contributed by atoms with Gasteiger partial charge in [-0.15, -0.1) is 11.3 Å². The second-order valence-corrected chi connectivity index (χ2v) is 5.73. The van der Waals surface area contributed by atoms with Crippen molar-refractivity contribution in [2.45, 2.75) is 6.92 Å². The van der Waals surface area contributed by atoms with Crippen molar-refractivity contribution in [2.24, 2.45) is 0 Å². The number of hydrogen-bond donors (Lipinski definition) is 0. The molecule has 0 aliphatic carbocycles. The SMILES string of the molecule is Cc1cccc2nc(/C(Cl)=C/c3cccs3)cc(=O)n12. The molecule has 5 heteroatoms. The Morgan fingerprint density at radius 1 is 1.35 bits per heavy atom. The average molecular weight is 303 g/mol. The van der Waals surface area contributed by atoms with Gasteiger partial charge in [0.1, 0.15) is 5.65 Å². The Hall–Kier alpha value is -1.91. The average Bonchev–Trinajstić information content (AvgIpc) is 2.91. The molecular weight excluding hydrogens is 292 g/mol. The summed E-state index contributed by atoms with van der Waals surface area (Å²) in [6, 6.07) is 10.9. The van der Waals surface area contributed by atoms with Crippen molar-refractivity contribution in [1.29, 1.82) is 0 Å². The number of halogens is 1. The molecule has 0 spiro atoms. The highest BCUT2D eigenvalue weighted by atomic mass is 35.5. The molecule has 20 heavy (non-hydrogen) atoms. The van der Waals surface area contributed by atoms with Crippen LogP contribution in [0.2, 0.25) is 0 Å². The standard InChI is InChI=1S/C15H11ClN2OS/c1-10-4-2-6-14-17-13(9-15(19)18(10)14)12(16)8-11-5-3-7-20-11/h2-9H,1H3/b12-8-. The minimum absolute atomic E-state index is 0.124. The topological polar surface area (TPSA) is 34.4 Å². The van der Waals surface area contributed by atoms with Crippen molar-refractivity contribution in [3.05, 3.63) is 68.4 Å². The number of aromatic nitrogens is 2. The van der Waals surface area contributed by atoms with E-state index in [0.29, 0.717) is 16.4 Å². The maximum Gasteiger partial charge on any atom is 0.258 e. The minimum Gasteiger partial charge on any atom is -0.269 e. The molecule has 3 aromatic rings. The second kappa shape index (κ2) is 5.23. The van der Waals surface area contributed by atoms with Crippen molar-refractivity contribution in [2.75, 3.05) is 0 Å². The van der Waals surface area contributed by atoms with Crippen LogP contribution in [0.4, 0.5) is 0 Å². The van der Waals surface area contributed by atoms with Crippen LogP contribution in [0.15, 0.2) is 46.6 Å². The van der Waals surface area contributed by atoms with Crippen molar-refractivity contribution >= 4 is 39.7 Å². The number of pyridine rings is 1. The highest BCUT2D eigenvalue weighted by Crippen LogP contribution is 2.22. The molecule has 100 valence electrons. The fraction of sp³-hybridized carbons (Fsp3) is 0.0667. The highest BCUT2D eigenvalue weighted by Gasteiger charge is 2.07. The van der Waals surface area contributed by atoms with Crippen LogP contribution in [0.3, 0.4) is 0 Å².